The monoisotopic (exact) mass is 482 g/mol. The molecule has 1 fully saturated rings. The first kappa shape index (κ1) is 26.7. The minimum absolute atomic E-state index is 0. The van der Waals surface area contributed by atoms with Gasteiger partial charge in [-0.2, -0.15) is 0 Å². The van der Waals surface area contributed by atoms with Crippen LogP contribution in [0.4, 0.5) is 8.78 Å². The normalized spacial score (nSPS) is 16.0. The van der Waals surface area contributed by atoms with Crippen LogP contribution in [0, 0.1) is 17.0 Å². The molecule has 0 spiro atoms. The van der Waals surface area contributed by atoms with E-state index in [2.05, 4.69) is 0 Å². The van der Waals surface area contributed by atoms with Gasteiger partial charge < -0.3 is 20.9 Å². The third-order valence-corrected chi connectivity index (χ3v) is 5.58. The molecule has 1 amide bonds. The number of nitrogens with zero attached hydrogens (tertiary/aromatic N) is 1. The molecule has 180 valence electrons. The molecule has 1 heterocycles. The lowest BCUT2D eigenvalue weighted by atomic mass is 9.84. The van der Waals surface area contributed by atoms with E-state index in [0.717, 1.165) is 6.07 Å². The van der Waals surface area contributed by atoms with Crippen LogP contribution >= 0.6 is 12.4 Å². The van der Waals surface area contributed by atoms with E-state index in [1.165, 1.54) is 6.07 Å². The summed E-state index contributed by atoms with van der Waals surface area (Å²) in [6.07, 6.45) is -0.177. The van der Waals surface area contributed by atoms with Gasteiger partial charge >= 0.3 is 0 Å². The molecule has 2 aromatic carbocycles. The van der Waals surface area contributed by atoms with Gasteiger partial charge in [0.05, 0.1) is 18.8 Å². The smallest absolute Gasteiger partial charge is 0.254 e. The predicted octanol–water partition coefficient (Wildman–Crippen LogP) is 2.46. The van der Waals surface area contributed by atoms with Gasteiger partial charge in [-0.05, 0) is 18.6 Å². The van der Waals surface area contributed by atoms with Crippen LogP contribution < -0.4 is 11.5 Å². The SMILES string of the molecule is CCOC(Cc1ccc(C(=N)N)cc1)(C(N)=O)c1c(F)ccc(CN2CCOCC2)c1F.Cl. The van der Waals surface area contributed by atoms with Gasteiger partial charge in [0.2, 0.25) is 0 Å². The van der Waals surface area contributed by atoms with Crippen molar-refractivity contribution in [3.63, 3.8) is 0 Å². The van der Waals surface area contributed by atoms with Gasteiger partial charge in [-0.1, -0.05) is 30.3 Å². The number of primary amides is 1. The molecule has 1 aliphatic heterocycles. The highest BCUT2D eigenvalue weighted by Crippen LogP contribution is 2.35. The number of amides is 1. The maximum absolute atomic E-state index is 15.7. The summed E-state index contributed by atoms with van der Waals surface area (Å²) < 4.78 is 41.8. The second-order valence-electron chi connectivity index (χ2n) is 7.70. The van der Waals surface area contributed by atoms with Crippen molar-refractivity contribution in [2.75, 3.05) is 32.9 Å². The first-order chi connectivity index (χ1) is 15.3. The Hall–Kier alpha value is -2.59. The highest BCUT2D eigenvalue weighted by Gasteiger charge is 2.45. The third kappa shape index (κ3) is 5.86. The van der Waals surface area contributed by atoms with Gasteiger partial charge in [-0.25, -0.2) is 8.78 Å². The fraction of sp³-hybridized carbons (Fsp3) is 0.391. The second-order valence-corrected chi connectivity index (χ2v) is 7.70. The van der Waals surface area contributed by atoms with Crippen molar-refractivity contribution in [2.45, 2.75) is 25.5 Å². The van der Waals surface area contributed by atoms with Gasteiger partial charge in [0.1, 0.15) is 17.5 Å². The van der Waals surface area contributed by atoms with E-state index in [1.807, 2.05) is 4.90 Å². The molecular weight excluding hydrogens is 454 g/mol. The quantitative estimate of drug-likeness (QED) is 0.375. The minimum Gasteiger partial charge on any atom is -0.384 e. The fourth-order valence-corrected chi connectivity index (χ4v) is 3.92. The van der Waals surface area contributed by atoms with E-state index in [9.17, 15) is 4.79 Å². The van der Waals surface area contributed by atoms with Crippen LogP contribution in [0.1, 0.15) is 29.2 Å². The zero-order chi connectivity index (χ0) is 23.3. The molecule has 7 nitrogen and oxygen atoms in total. The first-order valence-corrected chi connectivity index (χ1v) is 10.4. The third-order valence-electron chi connectivity index (χ3n) is 5.58. The van der Waals surface area contributed by atoms with E-state index in [1.54, 1.807) is 31.2 Å². The van der Waals surface area contributed by atoms with Crippen molar-refractivity contribution in [1.82, 2.24) is 4.90 Å². The molecular formula is C23H29ClF2N4O3. The second kappa shape index (κ2) is 11.5. The Kier molecular flexibility index (Phi) is 9.30. The van der Waals surface area contributed by atoms with E-state index in [4.69, 9.17) is 26.4 Å². The predicted molar refractivity (Wildman–Crippen MR) is 123 cm³/mol. The molecule has 2 aromatic rings. The molecule has 1 saturated heterocycles. The molecule has 5 N–H and O–H groups in total. The Balaban J connectivity index is 0.00000385. The highest BCUT2D eigenvalue weighted by molar-refractivity contribution is 5.95. The average molecular weight is 483 g/mol. The molecule has 0 radical (unpaired) electrons. The van der Waals surface area contributed by atoms with Crippen LogP contribution in [0.15, 0.2) is 36.4 Å². The van der Waals surface area contributed by atoms with Crippen molar-refractivity contribution in [3.05, 3.63) is 70.3 Å². The maximum Gasteiger partial charge on any atom is 0.254 e. The standard InChI is InChI=1S/C23H28F2N4O3.ClH/c1-2-32-23(22(28)30,13-15-3-5-16(6-4-15)21(26)27)19-18(24)8-7-17(20(19)25)14-29-9-11-31-12-10-29;/h3-8H,2,9-14H2,1H3,(H3,26,27)(H2,28,30);1H. The van der Waals surface area contributed by atoms with Crippen LogP contribution in [0.3, 0.4) is 0 Å². The topological polar surface area (TPSA) is 115 Å². The molecule has 1 atom stereocenters. The first-order valence-electron chi connectivity index (χ1n) is 10.4. The number of nitrogens with two attached hydrogens (primary N) is 2. The highest BCUT2D eigenvalue weighted by atomic mass is 35.5. The van der Waals surface area contributed by atoms with E-state index in [-0.39, 0.29) is 43.4 Å². The number of ether oxygens (including phenoxy) is 2. The number of benzene rings is 2. The number of morpholine rings is 1. The molecule has 0 saturated carbocycles. The summed E-state index contributed by atoms with van der Waals surface area (Å²) in [7, 11) is 0. The summed E-state index contributed by atoms with van der Waals surface area (Å²) in [4.78, 5) is 14.7. The lowest BCUT2D eigenvalue weighted by Gasteiger charge is -2.33. The van der Waals surface area contributed by atoms with Crippen molar-refractivity contribution in [2.24, 2.45) is 11.5 Å². The Morgan fingerprint density at radius 2 is 1.79 bits per heavy atom. The zero-order valence-electron chi connectivity index (χ0n) is 18.4. The number of hydrogen-bond donors (Lipinski definition) is 3. The van der Waals surface area contributed by atoms with Crippen molar-refractivity contribution >= 4 is 24.1 Å². The number of carbonyl (C=O) groups is 1. The van der Waals surface area contributed by atoms with Gasteiger partial charge in [-0.15, -0.1) is 12.4 Å². The lowest BCUT2D eigenvalue weighted by molar-refractivity contribution is -0.145. The summed E-state index contributed by atoms with van der Waals surface area (Å²) in [5.74, 6) is -2.85. The molecule has 0 aromatic heterocycles. The van der Waals surface area contributed by atoms with Crippen LogP contribution in [0.5, 0.6) is 0 Å². The van der Waals surface area contributed by atoms with E-state index in [0.29, 0.717) is 37.4 Å². The minimum atomic E-state index is -2.04. The molecule has 1 aliphatic rings. The Morgan fingerprint density at radius 1 is 1.15 bits per heavy atom. The Bertz CT molecular complexity index is 984. The van der Waals surface area contributed by atoms with Gasteiger partial charge in [0.15, 0.2) is 5.60 Å². The number of rotatable bonds is 9. The van der Waals surface area contributed by atoms with Gasteiger partial charge in [-0.3, -0.25) is 15.1 Å². The van der Waals surface area contributed by atoms with E-state index >= 15 is 8.78 Å². The summed E-state index contributed by atoms with van der Waals surface area (Å²) in [5, 5.41) is 7.51. The summed E-state index contributed by atoms with van der Waals surface area (Å²) >= 11 is 0. The molecule has 33 heavy (non-hydrogen) atoms. The molecule has 0 aliphatic carbocycles. The molecule has 1 unspecified atom stereocenters. The number of nitrogen functional groups attached to an aromatic ring is 1. The Morgan fingerprint density at radius 3 is 2.33 bits per heavy atom. The molecule has 0 bridgehead atoms. The van der Waals surface area contributed by atoms with E-state index < -0.39 is 28.7 Å². The Labute approximate surface area is 197 Å². The van der Waals surface area contributed by atoms with Crippen LogP contribution in [-0.4, -0.2) is 49.6 Å². The summed E-state index contributed by atoms with van der Waals surface area (Å²) in [5.41, 5.74) is 9.95. The largest absolute Gasteiger partial charge is 0.384 e. The number of hydrogen-bond acceptors (Lipinski definition) is 5. The van der Waals surface area contributed by atoms with Gasteiger partial charge in [0.25, 0.3) is 5.91 Å². The number of halogens is 3. The summed E-state index contributed by atoms with van der Waals surface area (Å²) in [6.45, 7) is 4.22. The van der Waals surface area contributed by atoms with Crippen LogP contribution in [0.25, 0.3) is 0 Å². The number of amidine groups is 1. The maximum atomic E-state index is 15.7. The lowest BCUT2D eigenvalue weighted by Crippen LogP contribution is -2.47. The molecule has 3 rings (SSSR count). The van der Waals surface area contributed by atoms with Gasteiger partial charge in [0, 0.05) is 43.8 Å². The zero-order valence-corrected chi connectivity index (χ0v) is 19.2. The van der Waals surface area contributed by atoms with Crippen LogP contribution in [0.2, 0.25) is 0 Å². The van der Waals surface area contributed by atoms with Crippen molar-refractivity contribution < 1.29 is 23.0 Å². The van der Waals surface area contributed by atoms with Crippen LogP contribution in [-0.2, 0) is 32.8 Å². The molecule has 10 heteroatoms. The van der Waals surface area contributed by atoms with Crippen molar-refractivity contribution in [1.29, 1.82) is 5.41 Å². The number of carbonyl (C=O) groups excluding carboxylic acids is 1. The summed E-state index contributed by atoms with van der Waals surface area (Å²) in [6, 6.07) is 8.96. The average Bonchev–Trinajstić information content (AvgIpc) is 2.77. The fourth-order valence-electron chi connectivity index (χ4n) is 3.92. The number of nitrogens with one attached hydrogen (secondary N) is 1. The van der Waals surface area contributed by atoms with Crippen molar-refractivity contribution in [3.8, 4) is 0 Å².